The number of benzene rings is 1. The molecule has 0 aliphatic heterocycles. The number of pyridine rings is 1. The van der Waals surface area contributed by atoms with Gasteiger partial charge in [0.25, 0.3) is 0 Å². The minimum Gasteiger partial charge on any atom is -0.256 e. The second-order valence-corrected chi connectivity index (χ2v) is 5.14. The van der Waals surface area contributed by atoms with Crippen LogP contribution in [0.1, 0.15) is 0 Å². The lowest BCUT2D eigenvalue weighted by Crippen LogP contribution is -1.99. The zero-order chi connectivity index (χ0) is 16.2. The monoisotopic (exact) mass is 311 g/mol. The molecule has 0 radical (unpaired) electrons. The Morgan fingerprint density at radius 2 is 1.42 bits per heavy atom. The highest BCUT2D eigenvalue weighted by Gasteiger charge is 2.18. The highest BCUT2D eigenvalue weighted by atomic mass is 15.1. The molecule has 0 saturated heterocycles. The van der Waals surface area contributed by atoms with Gasteiger partial charge < -0.3 is 0 Å². The highest BCUT2D eigenvalue weighted by Crippen LogP contribution is 2.35. The summed E-state index contributed by atoms with van der Waals surface area (Å²) < 4.78 is 0. The lowest BCUT2D eigenvalue weighted by atomic mass is 9.97. The van der Waals surface area contributed by atoms with Gasteiger partial charge in [-0.05, 0) is 23.8 Å². The summed E-state index contributed by atoms with van der Waals surface area (Å²) in [6, 6.07) is 17.6. The van der Waals surface area contributed by atoms with Crippen LogP contribution in [0.3, 0.4) is 0 Å². The summed E-state index contributed by atoms with van der Waals surface area (Å²) >= 11 is 0. The fourth-order valence-electron chi connectivity index (χ4n) is 2.57. The SMILES string of the molecule is c1ccc(-c2cnnc(-c3ncccn3)c2-c2ccccn2)cc1. The van der Waals surface area contributed by atoms with E-state index in [1.54, 1.807) is 30.9 Å². The Labute approximate surface area is 139 Å². The van der Waals surface area contributed by atoms with Crippen LogP contribution in [0.2, 0.25) is 0 Å². The van der Waals surface area contributed by atoms with Crippen LogP contribution in [-0.2, 0) is 0 Å². The van der Waals surface area contributed by atoms with Crippen LogP contribution in [0.15, 0.2) is 79.4 Å². The summed E-state index contributed by atoms with van der Waals surface area (Å²) in [5.74, 6) is 0.531. The van der Waals surface area contributed by atoms with Crippen molar-refractivity contribution in [1.29, 1.82) is 0 Å². The lowest BCUT2D eigenvalue weighted by molar-refractivity contribution is 1.01. The summed E-state index contributed by atoms with van der Waals surface area (Å²) in [7, 11) is 0. The van der Waals surface area contributed by atoms with Gasteiger partial charge in [0.15, 0.2) is 5.82 Å². The fraction of sp³-hybridized carbons (Fsp3) is 0. The van der Waals surface area contributed by atoms with Gasteiger partial charge in [0, 0.05) is 29.7 Å². The van der Waals surface area contributed by atoms with Gasteiger partial charge in [-0.25, -0.2) is 9.97 Å². The van der Waals surface area contributed by atoms with Crippen LogP contribution in [0.5, 0.6) is 0 Å². The first-order valence-corrected chi connectivity index (χ1v) is 7.53. The number of nitrogens with zero attached hydrogens (tertiary/aromatic N) is 5. The van der Waals surface area contributed by atoms with Gasteiger partial charge in [0.05, 0.1) is 11.9 Å². The van der Waals surface area contributed by atoms with Crippen LogP contribution >= 0.6 is 0 Å². The van der Waals surface area contributed by atoms with Gasteiger partial charge in [-0.2, -0.15) is 5.10 Å². The van der Waals surface area contributed by atoms with Gasteiger partial charge in [-0.15, -0.1) is 5.10 Å². The van der Waals surface area contributed by atoms with E-state index >= 15 is 0 Å². The quantitative estimate of drug-likeness (QED) is 0.577. The Morgan fingerprint density at radius 1 is 0.667 bits per heavy atom. The normalized spacial score (nSPS) is 10.5. The molecular formula is C19H13N5. The molecule has 3 heterocycles. The van der Waals surface area contributed by atoms with E-state index in [-0.39, 0.29) is 0 Å². The third-order valence-electron chi connectivity index (χ3n) is 3.63. The molecule has 0 fully saturated rings. The summed E-state index contributed by atoms with van der Waals surface area (Å²) in [4.78, 5) is 13.2. The predicted octanol–water partition coefficient (Wildman–Crippen LogP) is 3.66. The van der Waals surface area contributed by atoms with Crippen molar-refractivity contribution in [2.45, 2.75) is 0 Å². The Kier molecular flexibility index (Phi) is 3.73. The van der Waals surface area contributed by atoms with E-state index in [0.717, 1.165) is 22.4 Å². The molecule has 0 bridgehead atoms. The molecule has 1 aromatic carbocycles. The van der Waals surface area contributed by atoms with Crippen LogP contribution in [0, 0.1) is 0 Å². The molecule has 114 valence electrons. The van der Waals surface area contributed by atoms with E-state index in [2.05, 4.69) is 25.1 Å². The maximum atomic E-state index is 4.50. The van der Waals surface area contributed by atoms with E-state index in [0.29, 0.717) is 11.5 Å². The third kappa shape index (κ3) is 2.63. The summed E-state index contributed by atoms with van der Waals surface area (Å²) in [6.45, 7) is 0. The Hall–Kier alpha value is -3.47. The molecule has 5 heteroatoms. The van der Waals surface area contributed by atoms with Crippen molar-refractivity contribution in [3.63, 3.8) is 0 Å². The largest absolute Gasteiger partial charge is 0.256 e. The summed E-state index contributed by atoms with van der Waals surface area (Å²) in [5.41, 5.74) is 4.31. The second kappa shape index (κ2) is 6.34. The van der Waals surface area contributed by atoms with E-state index in [9.17, 15) is 0 Å². The Morgan fingerprint density at radius 3 is 2.17 bits per heavy atom. The molecule has 0 N–H and O–H groups in total. The Balaban J connectivity index is 2.02. The first-order chi connectivity index (χ1) is 11.9. The molecule has 4 rings (SSSR count). The molecule has 24 heavy (non-hydrogen) atoms. The minimum absolute atomic E-state index is 0.531. The average Bonchev–Trinajstić information content (AvgIpc) is 2.69. The molecule has 3 aromatic heterocycles. The van der Waals surface area contributed by atoms with Crippen molar-refractivity contribution in [2.75, 3.05) is 0 Å². The molecule has 0 amide bonds. The molecule has 0 atom stereocenters. The van der Waals surface area contributed by atoms with E-state index in [1.807, 2.05) is 48.5 Å². The average molecular weight is 311 g/mol. The van der Waals surface area contributed by atoms with Gasteiger partial charge in [-0.1, -0.05) is 36.4 Å². The second-order valence-electron chi connectivity index (χ2n) is 5.14. The number of aromatic nitrogens is 5. The maximum absolute atomic E-state index is 4.50. The molecule has 5 nitrogen and oxygen atoms in total. The van der Waals surface area contributed by atoms with Gasteiger partial charge in [-0.3, -0.25) is 4.98 Å². The number of hydrogen-bond acceptors (Lipinski definition) is 5. The molecule has 0 spiro atoms. The highest BCUT2D eigenvalue weighted by molar-refractivity contribution is 5.89. The lowest BCUT2D eigenvalue weighted by Gasteiger charge is -2.12. The smallest absolute Gasteiger partial charge is 0.180 e. The zero-order valence-corrected chi connectivity index (χ0v) is 12.7. The molecule has 0 saturated carbocycles. The number of rotatable bonds is 3. The van der Waals surface area contributed by atoms with E-state index in [4.69, 9.17) is 0 Å². The van der Waals surface area contributed by atoms with Crippen molar-refractivity contribution in [2.24, 2.45) is 0 Å². The van der Waals surface area contributed by atoms with Crippen molar-refractivity contribution in [3.8, 4) is 33.9 Å². The van der Waals surface area contributed by atoms with Gasteiger partial charge in [0.2, 0.25) is 0 Å². The number of hydrogen-bond donors (Lipinski definition) is 0. The maximum Gasteiger partial charge on any atom is 0.180 e. The van der Waals surface area contributed by atoms with Crippen LogP contribution in [-0.4, -0.2) is 25.1 Å². The Bertz CT molecular complexity index is 883. The van der Waals surface area contributed by atoms with Crippen molar-refractivity contribution < 1.29 is 0 Å². The van der Waals surface area contributed by atoms with Gasteiger partial charge in [0.1, 0.15) is 5.69 Å². The van der Waals surface area contributed by atoms with Crippen molar-refractivity contribution in [1.82, 2.24) is 25.1 Å². The molecular weight excluding hydrogens is 298 g/mol. The van der Waals surface area contributed by atoms with Crippen molar-refractivity contribution in [3.05, 3.63) is 79.4 Å². The van der Waals surface area contributed by atoms with Crippen LogP contribution < -0.4 is 0 Å². The molecule has 0 aliphatic rings. The van der Waals surface area contributed by atoms with Gasteiger partial charge >= 0.3 is 0 Å². The third-order valence-corrected chi connectivity index (χ3v) is 3.63. The van der Waals surface area contributed by atoms with E-state index < -0.39 is 0 Å². The summed E-state index contributed by atoms with van der Waals surface area (Å²) in [5, 5.41) is 8.46. The standard InChI is InChI=1S/C19H13N5/c1-2-7-14(8-3-1)15-13-23-24-18(19-21-11-6-12-22-19)17(15)16-9-4-5-10-20-16/h1-13H. The minimum atomic E-state index is 0.531. The summed E-state index contributed by atoms with van der Waals surface area (Å²) in [6.07, 6.45) is 6.91. The topological polar surface area (TPSA) is 64.5 Å². The van der Waals surface area contributed by atoms with E-state index in [1.165, 1.54) is 0 Å². The zero-order valence-electron chi connectivity index (χ0n) is 12.7. The van der Waals surface area contributed by atoms with Crippen LogP contribution in [0.4, 0.5) is 0 Å². The molecule has 0 aliphatic carbocycles. The van der Waals surface area contributed by atoms with Crippen molar-refractivity contribution >= 4 is 0 Å². The molecule has 4 aromatic rings. The predicted molar refractivity (Wildman–Crippen MR) is 91.7 cm³/mol. The first-order valence-electron chi connectivity index (χ1n) is 7.53. The van der Waals surface area contributed by atoms with Crippen LogP contribution in [0.25, 0.3) is 33.9 Å². The molecule has 0 unspecified atom stereocenters. The first kappa shape index (κ1) is 14.1. The fourth-order valence-corrected chi connectivity index (χ4v) is 2.57.